The first-order chi connectivity index (χ1) is 12.6. The van der Waals surface area contributed by atoms with Crippen molar-refractivity contribution >= 4 is 40.8 Å². The van der Waals surface area contributed by atoms with Gasteiger partial charge >= 0.3 is 0 Å². The zero-order valence-corrected chi connectivity index (χ0v) is 19.2. The summed E-state index contributed by atoms with van der Waals surface area (Å²) in [5.74, 6) is 0.877. The number of fused-ring (bicyclic) bond motifs is 1. The van der Waals surface area contributed by atoms with Gasteiger partial charge in [0, 0.05) is 62.9 Å². The highest BCUT2D eigenvalue weighted by Gasteiger charge is 2.21. The summed E-state index contributed by atoms with van der Waals surface area (Å²) < 4.78 is 0. The number of rotatable bonds is 5. The zero-order chi connectivity index (χ0) is 18.5. The van der Waals surface area contributed by atoms with E-state index in [1.807, 2.05) is 7.05 Å². The van der Waals surface area contributed by atoms with E-state index in [-0.39, 0.29) is 24.0 Å². The summed E-state index contributed by atoms with van der Waals surface area (Å²) >= 11 is 0. The Hall–Kier alpha value is -1.32. The summed E-state index contributed by atoms with van der Waals surface area (Å²) in [4.78, 5) is 12.6. The molecule has 1 aromatic heterocycles. The fourth-order valence-electron chi connectivity index (χ4n) is 3.64. The minimum atomic E-state index is 0. The van der Waals surface area contributed by atoms with Gasteiger partial charge in [0.1, 0.15) is 0 Å². The van der Waals surface area contributed by atoms with Crippen LogP contribution in [0.5, 0.6) is 0 Å². The molecule has 0 bridgehead atoms. The summed E-state index contributed by atoms with van der Waals surface area (Å²) in [5, 5.41) is 8.25. The van der Waals surface area contributed by atoms with Gasteiger partial charge in [-0.15, -0.1) is 24.0 Å². The first-order valence-corrected chi connectivity index (χ1v) is 9.47. The summed E-state index contributed by atoms with van der Waals surface area (Å²) in [6.07, 6.45) is 3.10. The third-order valence-corrected chi connectivity index (χ3v) is 5.41. The van der Waals surface area contributed by atoms with Crippen LogP contribution in [0.15, 0.2) is 29.4 Å². The molecule has 1 fully saturated rings. The fraction of sp³-hybridized carbons (Fsp3) is 0.550. The maximum absolute atomic E-state index is 4.37. The third-order valence-electron chi connectivity index (χ3n) is 5.41. The van der Waals surface area contributed by atoms with Crippen molar-refractivity contribution in [3.63, 3.8) is 0 Å². The molecule has 2 aromatic rings. The van der Waals surface area contributed by atoms with E-state index in [4.69, 9.17) is 0 Å². The van der Waals surface area contributed by atoms with Gasteiger partial charge in [0.15, 0.2) is 5.96 Å². The Morgan fingerprint density at radius 3 is 2.85 bits per heavy atom. The monoisotopic (exact) mass is 484 g/mol. The molecule has 1 aliphatic rings. The van der Waals surface area contributed by atoms with E-state index in [2.05, 4.69) is 75.8 Å². The van der Waals surface area contributed by atoms with Crippen LogP contribution in [-0.2, 0) is 6.42 Å². The quantitative estimate of drug-likeness (QED) is 0.346. The molecule has 0 amide bonds. The molecule has 1 saturated heterocycles. The lowest BCUT2D eigenvalue weighted by Gasteiger charge is -2.37. The number of H-pyrrole nitrogens is 1. The number of piperazine rings is 1. The molecule has 2 heterocycles. The van der Waals surface area contributed by atoms with Gasteiger partial charge in [-0.2, -0.15) is 0 Å². The average molecular weight is 484 g/mol. The molecule has 1 aromatic carbocycles. The molecule has 3 N–H and O–H groups in total. The first kappa shape index (κ1) is 22.0. The molecular weight excluding hydrogens is 451 g/mol. The Balaban J connectivity index is 0.00000261. The van der Waals surface area contributed by atoms with E-state index in [0.29, 0.717) is 6.04 Å². The summed E-state index contributed by atoms with van der Waals surface area (Å²) in [6.45, 7) is 7.27. The number of benzene rings is 1. The number of hydrogen-bond acceptors (Lipinski definition) is 3. The van der Waals surface area contributed by atoms with E-state index in [1.165, 1.54) is 22.0 Å². The minimum absolute atomic E-state index is 0. The second-order valence-electron chi connectivity index (χ2n) is 7.34. The summed E-state index contributed by atoms with van der Waals surface area (Å²) in [6, 6.07) is 6.98. The lowest BCUT2D eigenvalue weighted by Crippen LogP contribution is -2.55. The van der Waals surface area contributed by atoms with Crippen molar-refractivity contribution in [2.45, 2.75) is 19.4 Å². The van der Waals surface area contributed by atoms with E-state index < -0.39 is 0 Å². The van der Waals surface area contributed by atoms with Crippen LogP contribution >= 0.6 is 24.0 Å². The normalized spacial score (nSPS) is 19.1. The molecule has 150 valence electrons. The zero-order valence-electron chi connectivity index (χ0n) is 16.9. The van der Waals surface area contributed by atoms with Gasteiger partial charge in [-0.05, 0) is 38.6 Å². The summed E-state index contributed by atoms with van der Waals surface area (Å²) in [7, 11) is 6.23. The Labute approximate surface area is 179 Å². The van der Waals surface area contributed by atoms with Crippen LogP contribution < -0.4 is 10.6 Å². The summed E-state index contributed by atoms with van der Waals surface area (Å²) in [5.41, 5.74) is 3.88. The predicted molar refractivity (Wildman–Crippen MR) is 125 cm³/mol. The van der Waals surface area contributed by atoms with Crippen molar-refractivity contribution in [3.05, 3.63) is 35.5 Å². The number of nitrogens with zero attached hydrogens (tertiary/aromatic N) is 3. The van der Waals surface area contributed by atoms with Gasteiger partial charge in [0.25, 0.3) is 0 Å². The van der Waals surface area contributed by atoms with Crippen LogP contribution in [0.2, 0.25) is 0 Å². The molecular formula is C20H33IN6. The Morgan fingerprint density at radius 2 is 2.07 bits per heavy atom. The number of aromatic nitrogens is 1. The van der Waals surface area contributed by atoms with Crippen LogP contribution in [0.1, 0.15) is 11.1 Å². The van der Waals surface area contributed by atoms with Crippen LogP contribution in [0.25, 0.3) is 10.9 Å². The molecule has 0 aliphatic carbocycles. The number of aromatic amines is 1. The molecule has 1 unspecified atom stereocenters. The third kappa shape index (κ3) is 5.58. The van der Waals surface area contributed by atoms with Crippen molar-refractivity contribution in [2.75, 3.05) is 53.9 Å². The molecule has 0 radical (unpaired) electrons. The fourth-order valence-corrected chi connectivity index (χ4v) is 3.64. The van der Waals surface area contributed by atoms with E-state index >= 15 is 0 Å². The molecule has 3 rings (SSSR count). The van der Waals surface area contributed by atoms with Gasteiger partial charge < -0.3 is 20.5 Å². The number of hydrogen-bond donors (Lipinski definition) is 3. The van der Waals surface area contributed by atoms with Crippen LogP contribution in [0, 0.1) is 6.92 Å². The lowest BCUT2D eigenvalue weighted by molar-refractivity contribution is 0.116. The molecule has 1 aliphatic heterocycles. The number of nitrogens with one attached hydrogen (secondary N) is 3. The second kappa shape index (κ2) is 10.3. The maximum atomic E-state index is 4.37. The van der Waals surface area contributed by atoms with Crippen molar-refractivity contribution in [1.82, 2.24) is 25.4 Å². The van der Waals surface area contributed by atoms with Gasteiger partial charge in [0.2, 0.25) is 0 Å². The molecule has 1 atom stereocenters. The predicted octanol–water partition coefficient (Wildman–Crippen LogP) is 2.05. The Morgan fingerprint density at radius 1 is 1.26 bits per heavy atom. The second-order valence-corrected chi connectivity index (χ2v) is 7.34. The standard InChI is InChI=1S/C20H32N6.HI/c1-15-6-5-7-18-16(12-23-19(15)18)8-9-22-20(21-2)24-13-17-14-25(3)10-11-26(17)4;/h5-7,12,17,23H,8-11,13-14H2,1-4H3,(H2,21,22,24);1H. The number of aryl methyl sites for hydroxylation is 1. The smallest absolute Gasteiger partial charge is 0.191 e. The van der Waals surface area contributed by atoms with E-state index in [9.17, 15) is 0 Å². The highest BCUT2D eigenvalue weighted by Crippen LogP contribution is 2.21. The lowest BCUT2D eigenvalue weighted by atomic mass is 10.1. The highest BCUT2D eigenvalue weighted by atomic mass is 127. The van der Waals surface area contributed by atoms with Crippen molar-refractivity contribution in [1.29, 1.82) is 0 Å². The Kier molecular flexibility index (Phi) is 8.37. The number of guanidine groups is 1. The topological polar surface area (TPSA) is 58.7 Å². The first-order valence-electron chi connectivity index (χ1n) is 9.47. The Bertz CT molecular complexity index is 756. The average Bonchev–Trinajstić information content (AvgIpc) is 3.05. The molecule has 0 saturated carbocycles. The molecule has 0 spiro atoms. The number of aliphatic imine (C=N–C) groups is 1. The number of halogens is 1. The maximum Gasteiger partial charge on any atom is 0.191 e. The largest absolute Gasteiger partial charge is 0.361 e. The van der Waals surface area contributed by atoms with Crippen molar-refractivity contribution in [3.8, 4) is 0 Å². The SMILES string of the molecule is CN=C(NCCc1c[nH]c2c(C)cccc12)NCC1CN(C)CCN1C.I. The van der Waals surface area contributed by atoms with Gasteiger partial charge in [-0.25, -0.2) is 0 Å². The number of para-hydroxylation sites is 1. The number of likely N-dealkylation sites (N-methyl/N-ethyl adjacent to an activating group) is 2. The molecule has 27 heavy (non-hydrogen) atoms. The van der Waals surface area contributed by atoms with Crippen LogP contribution in [0.3, 0.4) is 0 Å². The van der Waals surface area contributed by atoms with Crippen LogP contribution in [-0.4, -0.2) is 80.7 Å². The van der Waals surface area contributed by atoms with Crippen molar-refractivity contribution in [2.24, 2.45) is 4.99 Å². The molecule has 7 heteroatoms. The van der Waals surface area contributed by atoms with E-state index in [0.717, 1.165) is 45.1 Å². The highest BCUT2D eigenvalue weighted by molar-refractivity contribution is 14.0. The molecule has 6 nitrogen and oxygen atoms in total. The van der Waals surface area contributed by atoms with Crippen molar-refractivity contribution < 1.29 is 0 Å². The minimum Gasteiger partial charge on any atom is -0.361 e. The van der Waals surface area contributed by atoms with Gasteiger partial charge in [-0.1, -0.05) is 18.2 Å². The van der Waals surface area contributed by atoms with Gasteiger partial charge in [-0.3, -0.25) is 9.89 Å². The van der Waals surface area contributed by atoms with E-state index in [1.54, 1.807) is 0 Å². The van der Waals surface area contributed by atoms with Crippen LogP contribution in [0.4, 0.5) is 0 Å². The van der Waals surface area contributed by atoms with Gasteiger partial charge in [0.05, 0.1) is 0 Å².